The van der Waals surface area contributed by atoms with E-state index >= 15 is 0 Å². The Morgan fingerprint density at radius 3 is 1.70 bits per heavy atom. The van der Waals surface area contributed by atoms with E-state index in [1.807, 2.05) is 0 Å². The quantitative estimate of drug-likeness (QED) is 0.463. The van der Waals surface area contributed by atoms with Crippen LogP contribution in [0, 0.1) is 0 Å². The van der Waals surface area contributed by atoms with Crippen molar-refractivity contribution in [3.63, 3.8) is 0 Å². The Morgan fingerprint density at radius 2 is 1.60 bits per heavy atom. The SMILES string of the molecule is CCC[Si](Cl)(Cl)C(C)(C)C. The molecule has 0 aliphatic rings. The van der Waals surface area contributed by atoms with Crippen molar-refractivity contribution in [1.82, 2.24) is 0 Å². The van der Waals surface area contributed by atoms with E-state index in [1.54, 1.807) is 0 Å². The maximum Gasteiger partial charge on any atom is 0.256 e. The van der Waals surface area contributed by atoms with Crippen molar-refractivity contribution in [2.75, 3.05) is 0 Å². The van der Waals surface area contributed by atoms with E-state index in [4.69, 9.17) is 22.2 Å². The summed E-state index contributed by atoms with van der Waals surface area (Å²) in [6.45, 7) is 6.52. The van der Waals surface area contributed by atoms with E-state index in [9.17, 15) is 0 Å². The van der Waals surface area contributed by atoms with Gasteiger partial charge in [0.05, 0.1) is 0 Å². The molecule has 10 heavy (non-hydrogen) atoms. The van der Waals surface area contributed by atoms with E-state index in [1.165, 1.54) is 0 Å². The van der Waals surface area contributed by atoms with Crippen molar-refractivity contribution in [2.45, 2.75) is 45.2 Å². The second-order valence-electron chi connectivity index (χ2n) is 3.70. The number of rotatable bonds is 2. The van der Waals surface area contributed by atoms with E-state index in [0.717, 1.165) is 12.5 Å². The molecule has 0 amide bonds. The average molecular weight is 199 g/mol. The first-order chi connectivity index (χ1) is 4.31. The largest absolute Gasteiger partial charge is 0.256 e. The Labute approximate surface area is 74.3 Å². The van der Waals surface area contributed by atoms with Crippen molar-refractivity contribution in [1.29, 1.82) is 0 Å². The lowest BCUT2D eigenvalue weighted by molar-refractivity contribution is 0.733. The van der Waals surface area contributed by atoms with Crippen molar-refractivity contribution < 1.29 is 0 Å². The van der Waals surface area contributed by atoms with Gasteiger partial charge in [-0.15, -0.1) is 22.2 Å². The molecule has 0 saturated heterocycles. The first-order valence-corrected chi connectivity index (χ1v) is 7.92. The Hall–Kier alpha value is 0.797. The smallest absolute Gasteiger partial charge is 0.145 e. The molecule has 3 heteroatoms. The van der Waals surface area contributed by atoms with Gasteiger partial charge in [0, 0.05) is 0 Å². The van der Waals surface area contributed by atoms with Gasteiger partial charge >= 0.3 is 0 Å². The summed E-state index contributed by atoms with van der Waals surface area (Å²) in [7, 11) is 0. The van der Waals surface area contributed by atoms with Crippen LogP contribution >= 0.6 is 22.2 Å². The standard InChI is InChI=1S/C7H16Cl2Si/c1-5-6-10(8,9)7(2,3)4/h5-6H2,1-4H3. The third kappa shape index (κ3) is 2.81. The molecule has 0 spiro atoms. The van der Waals surface area contributed by atoms with Crippen LogP contribution in [0.25, 0.3) is 0 Å². The lowest BCUT2D eigenvalue weighted by Crippen LogP contribution is -2.31. The molecule has 0 bridgehead atoms. The zero-order chi connectivity index (χ0) is 8.41. The number of halogens is 2. The summed E-state index contributed by atoms with van der Waals surface area (Å²) in [5.41, 5.74) is 0. The molecule has 0 fully saturated rings. The fraction of sp³-hybridized carbons (Fsp3) is 1.00. The third-order valence-electron chi connectivity index (χ3n) is 1.66. The van der Waals surface area contributed by atoms with Crippen LogP contribution in [0.1, 0.15) is 34.1 Å². The van der Waals surface area contributed by atoms with Crippen LogP contribution in [0.5, 0.6) is 0 Å². The fourth-order valence-electron chi connectivity index (χ4n) is 0.689. The van der Waals surface area contributed by atoms with E-state index < -0.39 is 6.69 Å². The van der Waals surface area contributed by atoms with Gasteiger partial charge < -0.3 is 0 Å². The molecule has 0 saturated carbocycles. The van der Waals surface area contributed by atoms with Gasteiger partial charge in [0.25, 0.3) is 6.69 Å². The van der Waals surface area contributed by atoms with Crippen molar-refractivity contribution in [3.05, 3.63) is 0 Å². The predicted molar refractivity (Wildman–Crippen MR) is 52.3 cm³/mol. The predicted octanol–water partition coefficient (Wildman–Crippen LogP) is 4.12. The minimum atomic E-state index is -1.96. The van der Waals surface area contributed by atoms with Crippen LogP contribution in [0.15, 0.2) is 0 Å². The van der Waals surface area contributed by atoms with Crippen LogP contribution in [-0.4, -0.2) is 6.69 Å². The minimum absolute atomic E-state index is 0.117. The number of hydrogen-bond donors (Lipinski definition) is 0. The molecule has 62 valence electrons. The summed E-state index contributed by atoms with van der Waals surface area (Å²) in [6.07, 6.45) is 1.09. The van der Waals surface area contributed by atoms with E-state index in [-0.39, 0.29) is 5.04 Å². The highest BCUT2D eigenvalue weighted by Gasteiger charge is 2.40. The molecule has 0 rings (SSSR count). The van der Waals surface area contributed by atoms with Gasteiger partial charge in [0.1, 0.15) is 0 Å². The third-order valence-corrected chi connectivity index (χ3v) is 9.52. The summed E-state index contributed by atoms with van der Waals surface area (Å²) >= 11 is 12.4. The van der Waals surface area contributed by atoms with Crippen molar-refractivity contribution >= 4 is 28.9 Å². The fourth-order valence-corrected chi connectivity index (χ4v) is 3.20. The Kier molecular flexibility index (Phi) is 3.74. The molecule has 0 atom stereocenters. The lowest BCUT2D eigenvalue weighted by Gasteiger charge is -2.30. The second-order valence-corrected chi connectivity index (χ2v) is 11.6. The maximum atomic E-state index is 6.22. The van der Waals surface area contributed by atoms with Crippen molar-refractivity contribution in [3.8, 4) is 0 Å². The van der Waals surface area contributed by atoms with Crippen molar-refractivity contribution in [2.24, 2.45) is 0 Å². The summed E-state index contributed by atoms with van der Waals surface area (Å²) < 4.78 is 0. The minimum Gasteiger partial charge on any atom is -0.145 e. The highest BCUT2D eigenvalue weighted by molar-refractivity contribution is 7.46. The van der Waals surface area contributed by atoms with Gasteiger partial charge in [-0.25, -0.2) is 0 Å². The second kappa shape index (κ2) is 3.46. The first-order valence-electron chi connectivity index (χ1n) is 3.69. The monoisotopic (exact) mass is 198 g/mol. The Bertz CT molecular complexity index is 105. The summed E-state index contributed by atoms with van der Waals surface area (Å²) in [4.78, 5) is 0. The topological polar surface area (TPSA) is 0 Å². The first kappa shape index (κ1) is 10.8. The van der Waals surface area contributed by atoms with E-state index in [2.05, 4.69) is 27.7 Å². The van der Waals surface area contributed by atoms with Gasteiger partial charge in [0.2, 0.25) is 0 Å². The van der Waals surface area contributed by atoms with Gasteiger partial charge in [-0.3, -0.25) is 0 Å². The summed E-state index contributed by atoms with van der Waals surface area (Å²) in [5.74, 6) is 0. The van der Waals surface area contributed by atoms with E-state index in [0.29, 0.717) is 0 Å². The van der Waals surface area contributed by atoms with Crippen LogP contribution in [-0.2, 0) is 0 Å². The molecule has 0 nitrogen and oxygen atoms in total. The number of hydrogen-bond acceptors (Lipinski definition) is 0. The molecule has 0 heterocycles. The van der Waals surface area contributed by atoms with Crippen LogP contribution in [0.2, 0.25) is 11.1 Å². The summed E-state index contributed by atoms with van der Waals surface area (Å²) in [5, 5.41) is 0.117. The molecule has 0 aromatic carbocycles. The highest BCUT2D eigenvalue weighted by atomic mass is 35.7. The maximum absolute atomic E-state index is 6.22. The zero-order valence-electron chi connectivity index (χ0n) is 7.17. The van der Waals surface area contributed by atoms with Gasteiger partial charge in [0.15, 0.2) is 0 Å². The highest BCUT2D eigenvalue weighted by Crippen LogP contribution is 2.45. The van der Waals surface area contributed by atoms with Crippen LogP contribution in [0.4, 0.5) is 0 Å². The average Bonchev–Trinajstić information content (AvgIpc) is 1.61. The molecule has 0 aromatic rings. The van der Waals surface area contributed by atoms with Crippen LogP contribution in [0.3, 0.4) is 0 Å². The Morgan fingerprint density at radius 1 is 1.20 bits per heavy atom. The lowest BCUT2D eigenvalue weighted by atomic mass is 10.2. The molecular formula is C7H16Cl2Si. The zero-order valence-corrected chi connectivity index (χ0v) is 9.68. The molecule has 0 radical (unpaired) electrons. The molecule has 0 unspecified atom stereocenters. The molecular weight excluding hydrogens is 183 g/mol. The molecule has 0 aliphatic carbocycles. The molecule has 0 aromatic heterocycles. The van der Waals surface area contributed by atoms with Gasteiger partial charge in [-0.2, -0.15) is 0 Å². The Balaban J connectivity index is 4.10. The van der Waals surface area contributed by atoms with Crippen LogP contribution < -0.4 is 0 Å². The normalized spacial score (nSPS) is 13.8. The van der Waals surface area contributed by atoms with Gasteiger partial charge in [-0.1, -0.05) is 34.1 Å². The van der Waals surface area contributed by atoms with Gasteiger partial charge in [-0.05, 0) is 11.1 Å². The summed E-state index contributed by atoms with van der Waals surface area (Å²) in [6, 6.07) is 1.000. The molecule has 0 N–H and O–H groups in total. The molecule has 0 aliphatic heterocycles.